The van der Waals surface area contributed by atoms with Crippen molar-refractivity contribution >= 4 is 11.7 Å². The number of aromatic nitrogens is 4. The van der Waals surface area contributed by atoms with Crippen LogP contribution < -0.4 is 14.8 Å². The SMILES string of the molecule is COc1cc(C)ccc1OC(C)C(=O)Nc1cc(-n2nc(C)cc2C)ncn1. The van der Waals surface area contributed by atoms with Crippen LogP contribution in [0.1, 0.15) is 23.9 Å². The number of hydrogen-bond acceptors (Lipinski definition) is 6. The number of hydrogen-bond donors (Lipinski definition) is 1. The van der Waals surface area contributed by atoms with Crippen molar-refractivity contribution < 1.29 is 14.3 Å². The predicted molar refractivity (Wildman–Crippen MR) is 105 cm³/mol. The first kappa shape index (κ1) is 19.3. The lowest BCUT2D eigenvalue weighted by Crippen LogP contribution is -2.30. The van der Waals surface area contributed by atoms with Gasteiger partial charge in [-0.3, -0.25) is 4.79 Å². The summed E-state index contributed by atoms with van der Waals surface area (Å²) in [5.41, 5.74) is 2.87. The molecule has 146 valence electrons. The summed E-state index contributed by atoms with van der Waals surface area (Å²) in [6.45, 7) is 7.46. The largest absolute Gasteiger partial charge is 0.493 e. The average Bonchev–Trinajstić information content (AvgIpc) is 3.01. The topological polar surface area (TPSA) is 91.2 Å². The molecule has 1 atom stereocenters. The van der Waals surface area contributed by atoms with Crippen molar-refractivity contribution in [3.8, 4) is 17.3 Å². The molecule has 0 radical (unpaired) electrons. The summed E-state index contributed by atoms with van der Waals surface area (Å²) in [5.74, 6) is 1.69. The van der Waals surface area contributed by atoms with Gasteiger partial charge in [0.1, 0.15) is 12.1 Å². The van der Waals surface area contributed by atoms with E-state index >= 15 is 0 Å². The van der Waals surface area contributed by atoms with Gasteiger partial charge < -0.3 is 14.8 Å². The number of amides is 1. The Morgan fingerprint density at radius 1 is 1.11 bits per heavy atom. The van der Waals surface area contributed by atoms with E-state index in [0.29, 0.717) is 23.1 Å². The quantitative estimate of drug-likeness (QED) is 0.706. The Labute approximate surface area is 163 Å². The Morgan fingerprint density at radius 3 is 2.57 bits per heavy atom. The number of benzene rings is 1. The fourth-order valence-electron chi connectivity index (χ4n) is 2.74. The van der Waals surface area contributed by atoms with Gasteiger partial charge in [-0.25, -0.2) is 14.6 Å². The monoisotopic (exact) mass is 381 g/mol. The minimum absolute atomic E-state index is 0.333. The number of nitrogens with one attached hydrogen (secondary N) is 1. The zero-order chi connectivity index (χ0) is 20.3. The summed E-state index contributed by atoms with van der Waals surface area (Å²) in [5, 5.41) is 7.14. The van der Waals surface area contributed by atoms with Gasteiger partial charge in [-0.2, -0.15) is 5.10 Å². The summed E-state index contributed by atoms with van der Waals surface area (Å²) in [4.78, 5) is 20.9. The van der Waals surface area contributed by atoms with Crippen LogP contribution in [-0.2, 0) is 4.79 Å². The van der Waals surface area contributed by atoms with Crippen molar-refractivity contribution in [1.82, 2.24) is 19.7 Å². The second-order valence-corrected chi connectivity index (χ2v) is 6.50. The summed E-state index contributed by atoms with van der Waals surface area (Å²) in [6, 6.07) is 9.14. The van der Waals surface area contributed by atoms with Crippen molar-refractivity contribution in [2.75, 3.05) is 12.4 Å². The van der Waals surface area contributed by atoms with Gasteiger partial charge in [-0.05, 0) is 51.5 Å². The molecule has 0 aliphatic heterocycles. The smallest absolute Gasteiger partial charge is 0.266 e. The van der Waals surface area contributed by atoms with Crippen LogP contribution in [-0.4, -0.2) is 38.9 Å². The van der Waals surface area contributed by atoms with Gasteiger partial charge in [0, 0.05) is 11.8 Å². The molecule has 3 rings (SSSR count). The molecule has 3 aromatic rings. The van der Waals surface area contributed by atoms with Crippen LogP contribution >= 0.6 is 0 Å². The molecule has 2 aromatic heterocycles. The fraction of sp³-hybridized carbons (Fsp3) is 0.300. The number of anilines is 1. The molecule has 28 heavy (non-hydrogen) atoms. The molecular formula is C20H23N5O3. The molecule has 0 saturated carbocycles. The first-order chi connectivity index (χ1) is 13.4. The highest BCUT2D eigenvalue weighted by Crippen LogP contribution is 2.28. The van der Waals surface area contributed by atoms with E-state index in [9.17, 15) is 4.79 Å². The van der Waals surface area contributed by atoms with E-state index in [-0.39, 0.29) is 5.91 Å². The number of methoxy groups -OCH3 is 1. The first-order valence-corrected chi connectivity index (χ1v) is 8.85. The van der Waals surface area contributed by atoms with Gasteiger partial charge >= 0.3 is 0 Å². The molecule has 8 nitrogen and oxygen atoms in total. The highest BCUT2D eigenvalue weighted by Gasteiger charge is 2.18. The van der Waals surface area contributed by atoms with Crippen LogP contribution in [0.2, 0.25) is 0 Å². The lowest BCUT2D eigenvalue weighted by Gasteiger charge is -2.17. The second-order valence-electron chi connectivity index (χ2n) is 6.50. The highest BCUT2D eigenvalue weighted by atomic mass is 16.5. The maximum absolute atomic E-state index is 12.5. The molecule has 0 bridgehead atoms. The third-order valence-electron chi connectivity index (χ3n) is 4.12. The van der Waals surface area contributed by atoms with E-state index < -0.39 is 6.10 Å². The van der Waals surface area contributed by atoms with Crippen LogP contribution in [0.25, 0.3) is 5.82 Å². The summed E-state index contributed by atoms with van der Waals surface area (Å²) < 4.78 is 12.8. The molecule has 0 aliphatic carbocycles. The van der Waals surface area contributed by atoms with Crippen molar-refractivity contribution in [2.45, 2.75) is 33.8 Å². The zero-order valence-corrected chi connectivity index (χ0v) is 16.6. The van der Waals surface area contributed by atoms with Crippen molar-refractivity contribution in [3.05, 3.63) is 53.6 Å². The van der Waals surface area contributed by atoms with Crippen LogP contribution in [0.15, 0.2) is 36.7 Å². The fourth-order valence-corrected chi connectivity index (χ4v) is 2.74. The number of carbonyl (C=O) groups excluding carboxylic acids is 1. The Morgan fingerprint density at radius 2 is 1.89 bits per heavy atom. The standard InChI is InChI=1S/C20H23N5O3/c1-12-6-7-16(17(8-12)27-5)28-15(4)20(26)23-18-10-19(22-11-21-18)25-14(3)9-13(2)24-25/h6-11,15H,1-5H3,(H,21,22,23,26). The number of rotatable bonds is 6. The van der Waals surface area contributed by atoms with Crippen LogP contribution in [0.4, 0.5) is 5.82 Å². The highest BCUT2D eigenvalue weighted by molar-refractivity contribution is 5.93. The molecule has 0 fully saturated rings. The van der Waals surface area contributed by atoms with Crippen molar-refractivity contribution in [3.63, 3.8) is 0 Å². The number of nitrogens with zero attached hydrogens (tertiary/aromatic N) is 4. The molecule has 0 spiro atoms. The predicted octanol–water partition coefficient (Wildman–Crippen LogP) is 3.00. The third-order valence-corrected chi connectivity index (χ3v) is 4.12. The lowest BCUT2D eigenvalue weighted by molar-refractivity contribution is -0.122. The molecule has 1 unspecified atom stereocenters. The number of ether oxygens (including phenoxy) is 2. The van der Waals surface area contributed by atoms with E-state index in [1.807, 2.05) is 39.0 Å². The maximum Gasteiger partial charge on any atom is 0.266 e. The van der Waals surface area contributed by atoms with E-state index in [2.05, 4.69) is 20.4 Å². The van der Waals surface area contributed by atoms with Gasteiger partial charge in [0.2, 0.25) is 0 Å². The average molecular weight is 381 g/mol. The molecule has 1 N–H and O–H groups in total. The first-order valence-electron chi connectivity index (χ1n) is 8.85. The van der Waals surface area contributed by atoms with E-state index in [4.69, 9.17) is 9.47 Å². The summed E-state index contributed by atoms with van der Waals surface area (Å²) in [6.07, 6.45) is 0.638. The Balaban J connectivity index is 1.72. The molecule has 1 aromatic carbocycles. The lowest BCUT2D eigenvalue weighted by atomic mass is 10.2. The minimum Gasteiger partial charge on any atom is -0.493 e. The molecule has 2 heterocycles. The van der Waals surface area contributed by atoms with Gasteiger partial charge in [0.25, 0.3) is 5.91 Å². The number of aryl methyl sites for hydroxylation is 3. The minimum atomic E-state index is -0.747. The van der Waals surface area contributed by atoms with Crippen molar-refractivity contribution in [2.24, 2.45) is 0 Å². The van der Waals surface area contributed by atoms with E-state index in [0.717, 1.165) is 17.0 Å². The Hall–Kier alpha value is -3.42. The summed E-state index contributed by atoms with van der Waals surface area (Å²) >= 11 is 0. The molecular weight excluding hydrogens is 358 g/mol. The zero-order valence-electron chi connectivity index (χ0n) is 16.6. The van der Waals surface area contributed by atoms with Crippen molar-refractivity contribution in [1.29, 1.82) is 0 Å². The molecule has 8 heteroatoms. The van der Waals surface area contributed by atoms with Gasteiger partial charge in [0.05, 0.1) is 12.8 Å². The van der Waals surface area contributed by atoms with Gasteiger partial charge in [-0.1, -0.05) is 6.07 Å². The number of carbonyl (C=O) groups is 1. The Bertz CT molecular complexity index is 999. The Kier molecular flexibility index (Phi) is 5.58. The molecule has 0 saturated heterocycles. The molecule has 0 aliphatic rings. The van der Waals surface area contributed by atoms with Crippen LogP contribution in [0.3, 0.4) is 0 Å². The summed E-state index contributed by atoms with van der Waals surface area (Å²) in [7, 11) is 1.56. The normalized spacial score (nSPS) is 11.8. The maximum atomic E-state index is 12.5. The van der Waals surface area contributed by atoms with Crippen LogP contribution in [0.5, 0.6) is 11.5 Å². The second kappa shape index (κ2) is 8.08. The van der Waals surface area contributed by atoms with E-state index in [1.165, 1.54) is 6.33 Å². The van der Waals surface area contributed by atoms with E-state index in [1.54, 1.807) is 30.8 Å². The molecule has 1 amide bonds. The van der Waals surface area contributed by atoms with Gasteiger partial charge in [-0.15, -0.1) is 0 Å². The van der Waals surface area contributed by atoms with Crippen LogP contribution in [0, 0.1) is 20.8 Å². The van der Waals surface area contributed by atoms with Gasteiger partial charge in [0.15, 0.2) is 23.4 Å². The third kappa shape index (κ3) is 4.28.